The number of amides is 2. The van der Waals surface area contributed by atoms with Crippen LogP contribution in [0.15, 0.2) is 59.2 Å². The number of hydrogen-bond donors (Lipinski definition) is 5. The zero-order chi connectivity index (χ0) is 31.5. The van der Waals surface area contributed by atoms with Gasteiger partial charge in [0.25, 0.3) is 5.91 Å². The minimum Gasteiger partial charge on any atom is -0.488 e. The van der Waals surface area contributed by atoms with Gasteiger partial charge in [0, 0.05) is 43.5 Å². The van der Waals surface area contributed by atoms with E-state index in [0.29, 0.717) is 58.0 Å². The summed E-state index contributed by atoms with van der Waals surface area (Å²) in [6.45, 7) is 3.20. The zero-order valence-corrected chi connectivity index (χ0v) is 24.9. The van der Waals surface area contributed by atoms with Crippen molar-refractivity contribution in [3.8, 4) is 5.75 Å². The van der Waals surface area contributed by atoms with Gasteiger partial charge in [0.05, 0.1) is 13.2 Å². The Morgan fingerprint density at radius 3 is 2.35 bits per heavy atom. The molecule has 12 nitrogen and oxygen atoms in total. The molecule has 0 bridgehead atoms. The third-order valence-electron chi connectivity index (χ3n) is 6.78. The number of aliphatic hydroxyl groups excluding tert-OH is 1. The lowest BCUT2D eigenvalue weighted by Crippen LogP contribution is -2.42. The van der Waals surface area contributed by atoms with E-state index in [1.165, 1.54) is 16.8 Å². The Hall–Kier alpha value is -4.00. The van der Waals surface area contributed by atoms with E-state index in [0.717, 1.165) is 18.1 Å². The molecule has 1 atom stereocenters. The molecular formula is C31H45N5O7. The predicted octanol–water partition coefficient (Wildman–Crippen LogP) is 1.38. The van der Waals surface area contributed by atoms with Gasteiger partial charge in [-0.3, -0.25) is 19.2 Å². The Morgan fingerprint density at radius 2 is 1.72 bits per heavy atom. The zero-order valence-electron chi connectivity index (χ0n) is 24.9. The van der Waals surface area contributed by atoms with Gasteiger partial charge in [0.2, 0.25) is 11.3 Å². The summed E-state index contributed by atoms with van der Waals surface area (Å²) in [6.07, 6.45) is 6.88. The molecule has 1 heterocycles. The third kappa shape index (κ3) is 12.4. The Labute approximate surface area is 252 Å². The lowest BCUT2D eigenvalue weighted by atomic mass is 9.85. The van der Waals surface area contributed by atoms with E-state index >= 15 is 0 Å². The summed E-state index contributed by atoms with van der Waals surface area (Å²) in [4.78, 5) is 49.0. The molecular weight excluding hydrogens is 554 g/mol. The molecule has 0 aliphatic rings. The number of nitrogens with one attached hydrogen (secondary N) is 2. The highest BCUT2D eigenvalue weighted by Gasteiger charge is 2.24. The van der Waals surface area contributed by atoms with Crippen LogP contribution in [0.2, 0.25) is 0 Å². The normalized spacial score (nSPS) is 12.7. The molecule has 2 aromatic rings. The number of carbonyl (C=O) groups excluding carboxylic acids is 3. The van der Waals surface area contributed by atoms with E-state index in [9.17, 15) is 24.3 Å². The number of allylic oxidation sites excluding steroid dienone is 1. The summed E-state index contributed by atoms with van der Waals surface area (Å²) in [5.41, 5.74) is 12.4. The van der Waals surface area contributed by atoms with Gasteiger partial charge in [-0.2, -0.15) is 0 Å². The van der Waals surface area contributed by atoms with E-state index in [-0.39, 0.29) is 43.6 Å². The molecule has 1 unspecified atom stereocenters. The van der Waals surface area contributed by atoms with Crippen LogP contribution in [0.5, 0.6) is 5.75 Å². The molecule has 0 saturated heterocycles. The first-order chi connectivity index (χ1) is 20.8. The summed E-state index contributed by atoms with van der Waals surface area (Å²) in [7, 11) is 0. The number of benzene rings is 1. The summed E-state index contributed by atoms with van der Waals surface area (Å²) in [5, 5.41) is 15.0. The van der Waals surface area contributed by atoms with Crippen LogP contribution in [-0.4, -0.2) is 66.2 Å². The van der Waals surface area contributed by atoms with Crippen LogP contribution >= 0.6 is 0 Å². The average Bonchev–Trinajstić information content (AvgIpc) is 3.01. The van der Waals surface area contributed by atoms with Crippen LogP contribution in [0.25, 0.3) is 0 Å². The monoisotopic (exact) mass is 599 g/mol. The van der Waals surface area contributed by atoms with Crippen LogP contribution < -0.4 is 32.3 Å². The number of ether oxygens (including phenoxy) is 2. The number of aliphatic hydroxyl groups is 1. The molecule has 2 amide bonds. The Bertz CT molecular complexity index is 1250. The maximum absolute atomic E-state index is 13.0. The smallest absolute Gasteiger partial charge is 0.271 e. The molecule has 12 heteroatoms. The van der Waals surface area contributed by atoms with Crippen molar-refractivity contribution in [3.63, 3.8) is 0 Å². The summed E-state index contributed by atoms with van der Waals surface area (Å²) >= 11 is 0. The van der Waals surface area contributed by atoms with Crippen molar-refractivity contribution >= 4 is 18.1 Å². The van der Waals surface area contributed by atoms with Crippen molar-refractivity contribution in [1.82, 2.24) is 15.2 Å². The maximum atomic E-state index is 13.0. The fourth-order valence-corrected chi connectivity index (χ4v) is 4.60. The molecule has 1 aromatic heterocycles. The van der Waals surface area contributed by atoms with E-state index in [4.69, 9.17) is 20.9 Å². The number of aromatic nitrogens is 1. The van der Waals surface area contributed by atoms with Crippen molar-refractivity contribution in [2.24, 2.45) is 11.5 Å². The van der Waals surface area contributed by atoms with Gasteiger partial charge >= 0.3 is 0 Å². The number of rotatable bonds is 21. The second-order valence-corrected chi connectivity index (χ2v) is 10.2. The highest BCUT2D eigenvalue weighted by molar-refractivity contribution is 5.95. The van der Waals surface area contributed by atoms with Gasteiger partial charge in [0.1, 0.15) is 6.61 Å². The molecule has 2 rings (SSSR count). The number of carbonyl (C=O) groups is 3. The van der Waals surface area contributed by atoms with Gasteiger partial charge in [-0.25, -0.2) is 0 Å². The Morgan fingerprint density at radius 1 is 1.05 bits per heavy atom. The minimum atomic E-state index is -0.556. The quantitative estimate of drug-likeness (QED) is 0.0611. The second-order valence-electron chi connectivity index (χ2n) is 10.2. The lowest BCUT2D eigenvalue weighted by molar-refractivity contribution is -0.117. The first-order valence-corrected chi connectivity index (χ1v) is 14.6. The molecule has 0 saturated carbocycles. The summed E-state index contributed by atoms with van der Waals surface area (Å²) in [5.74, 6) is -1.02. The molecule has 0 spiro atoms. The van der Waals surface area contributed by atoms with Crippen molar-refractivity contribution in [2.75, 3.05) is 32.8 Å². The number of hydrogen-bond acceptors (Lipinski definition) is 9. The second kappa shape index (κ2) is 19.2. The van der Waals surface area contributed by atoms with Gasteiger partial charge in [-0.05, 0) is 57.6 Å². The summed E-state index contributed by atoms with van der Waals surface area (Å²) < 4.78 is 12.4. The van der Waals surface area contributed by atoms with Crippen molar-refractivity contribution in [3.05, 3.63) is 75.9 Å². The number of nitrogens with two attached hydrogens (primary N) is 2. The molecule has 0 radical (unpaired) electrons. The molecule has 0 fully saturated rings. The molecule has 236 valence electrons. The van der Waals surface area contributed by atoms with Gasteiger partial charge < -0.3 is 41.2 Å². The minimum absolute atomic E-state index is 0.0491. The van der Waals surface area contributed by atoms with Crippen molar-refractivity contribution in [1.29, 1.82) is 0 Å². The van der Waals surface area contributed by atoms with E-state index in [1.807, 2.05) is 30.3 Å². The number of nitrogens with zero attached hydrogens (tertiary/aromatic N) is 1. The van der Waals surface area contributed by atoms with Crippen LogP contribution in [0.4, 0.5) is 0 Å². The van der Waals surface area contributed by atoms with Crippen LogP contribution in [0, 0.1) is 0 Å². The van der Waals surface area contributed by atoms with Crippen LogP contribution in [0.1, 0.15) is 61.5 Å². The molecule has 0 aliphatic heterocycles. The molecule has 1 aromatic carbocycles. The molecule has 0 aliphatic carbocycles. The van der Waals surface area contributed by atoms with Crippen molar-refractivity contribution < 1.29 is 29.0 Å². The number of aldehydes is 1. The summed E-state index contributed by atoms with van der Waals surface area (Å²) in [6, 6.07) is 10.6. The van der Waals surface area contributed by atoms with E-state index in [1.54, 1.807) is 6.92 Å². The van der Waals surface area contributed by atoms with Crippen molar-refractivity contribution in [2.45, 2.75) is 64.1 Å². The highest BCUT2D eigenvalue weighted by Crippen LogP contribution is 2.22. The SMILES string of the molecule is CCOc1c(C(=O)NCCCC(N)(CCCN)CCCNC(=O)/C=C(/C=O)OCc2ccccc2)n(CCO)ccc1=O. The molecule has 43 heavy (non-hydrogen) atoms. The largest absolute Gasteiger partial charge is 0.488 e. The highest BCUT2D eigenvalue weighted by atomic mass is 16.5. The first kappa shape index (κ1) is 35.2. The van der Waals surface area contributed by atoms with Gasteiger partial charge in [0.15, 0.2) is 23.5 Å². The number of pyridine rings is 1. The van der Waals surface area contributed by atoms with E-state index in [2.05, 4.69) is 10.6 Å². The topological polar surface area (TPSA) is 188 Å². The van der Waals surface area contributed by atoms with Crippen LogP contribution in [-0.2, 0) is 27.5 Å². The standard InChI is InChI=1S/C31H45N5O7/c1-2-42-29-26(39)11-18-36(19-20-37)28(29)30(41)35-17-8-14-31(33,12-6-15-32)13-7-16-34-27(40)21-25(22-38)43-23-24-9-4-3-5-10-24/h3-5,9-11,18,21-22,37H,2,6-8,12-17,19-20,23,32-33H2,1H3,(H,34,40)(H,35,41)/b25-21-. The van der Waals surface area contributed by atoms with Gasteiger partial charge in [-0.15, -0.1) is 0 Å². The maximum Gasteiger partial charge on any atom is 0.271 e. The first-order valence-electron chi connectivity index (χ1n) is 14.6. The fourth-order valence-electron chi connectivity index (χ4n) is 4.60. The fraction of sp³-hybridized carbons (Fsp3) is 0.484. The van der Waals surface area contributed by atoms with Crippen LogP contribution in [0.3, 0.4) is 0 Å². The Kier molecular flexibility index (Phi) is 15.7. The lowest BCUT2D eigenvalue weighted by Gasteiger charge is -2.30. The van der Waals surface area contributed by atoms with Gasteiger partial charge in [-0.1, -0.05) is 30.3 Å². The molecule has 7 N–H and O–H groups in total. The predicted molar refractivity (Wildman–Crippen MR) is 163 cm³/mol. The average molecular weight is 600 g/mol. The van der Waals surface area contributed by atoms with E-state index < -0.39 is 22.8 Å². The third-order valence-corrected chi connectivity index (χ3v) is 6.78. The Balaban J connectivity index is 1.87.